The van der Waals surface area contributed by atoms with Gasteiger partial charge < -0.3 is 25.2 Å². The molecule has 0 radical (unpaired) electrons. The summed E-state index contributed by atoms with van der Waals surface area (Å²) in [6.45, 7) is 0.867. The summed E-state index contributed by atoms with van der Waals surface area (Å²) in [5.74, 6) is -0.852. The Morgan fingerprint density at radius 3 is 2.30 bits per heavy atom. The number of benzene rings is 3. The van der Waals surface area contributed by atoms with Gasteiger partial charge in [-0.3, -0.25) is 4.79 Å². The van der Waals surface area contributed by atoms with Crippen molar-refractivity contribution in [3.63, 3.8) is 0 Å². The molecule has 1 heterocycles. The summed E-state index contributed by atoms with van der Waals surface area (Å²) in [4.78, 5) is 24.2. The van der Waals surface area contributed by atoms with Gasteiger partial charge >= 0.3 is 5.97 Å². The second-order valence-corrected chi connectivity index (χ2v) is 6.51. The molecule has 1 aliphatic rings. The number of carboxylic acids is 1. The van der Waals surface area contributed by atoms with Crippen molar-refractivity contribution in [2.45, 2.75) is 0 Å². The highest BCUT2D eigenvalue weighted by molar-refractivity contribution is 6.05. The van der Waals surface area contributed by atoms with Crippen LogP contribution in [0, 0.1) is 5.82 Å². The Balaban J connectivity index is 1.57. The average Bonchev–Trinajstić information content (AvgIpc) is 2.75. The molecule has 1 aliphatic heterocycles. The van der Waals surface area contributed by atoms with Crippen LogP contribution in [0.15, 0.2) is 60.7 Å². The van der Waals surface area contributed by atoms with Gasteiger partial charge in [-0.2, -0.15) is 0 Å². The molecule has 0 aliphatic carbocycles. The maximum Gasteiger partial charge on any atom is 0.337 e. The van der Waals surface area contributed by atoms with Crippen LogP contribution in [-0.2, 0) is 0 Å². The highest BCUT2D eigenvalue weighted by atomic mass is 19.1. The smallest absolute Gasteiger partial charge is 0.337 e. The Labute approximate surface area is 171 Å². The van der Waals surface area contributed by atoms with Gasteiger partial charge in [0.25, 0.3) is 5.91 Å². The van der Waals surface area contributed by atoms with Crippen LogP contribution in [-0.4, -0.2) is 30.2 Å². The van der Waals surface area contributed by atoms with Gasteiger partial charge in [0.05, 0.1) is 11.3 Å². The summed E-state index contributed by atoms with van der Waals surface area (Å²) in [7, 11) is 0. The zero-order valence-corrected chi connectivity index (χ0v) is 15.6. The van der Waals surface area contributed by atoms with Gasteiger partial charge in [0, 0.05) is 16.9 Å². The molecule has 30 heavy (non-hydrogen) atoms. The number of fused-ring (bicyclic) bond motifs is 1. The van der Waals surface area contributed by atoms with E-state index in [1.165, 1.54) is 42.5 Å². The van der Waals surface area contributed by atoms with E-state index in [0.717, 1.165) is 0 Å². The number of carbonyl (C=O) groups excluding carboxylic acids is 1. The number of carbonyl (C=O) groups is 2. The molecule has 0 saturated heterocycles. The lowest BCUT2D eigenvalue weighted by atomic mass is 10.1. The molecular weight excluding hydrogens is 391 g/mol. The number of ether oxygens (including phenoxy) is 2. The first kappa shape index (κ1) is 19.3. The van der Waals surface area contributed by atoms with Gasteiger partial charge in [0.1, 0.15) is 19.0 Å². The van der Waals surface area contributed by atoms with E-state index in [1.54, 1.807) is 18.2 Å². The van der Waals surface area contributed by atoms with Gasteiger partial charge in [-0.15, -0.1) is 0 Å². The SMILES string of the molecule is O=C(Nc1ccc(C(=O)O)c(Nc2ccc(F)cc2)c1)c1ccc2c(c1)OCCO2. The number of halogens is 1. The Bertz CT molecular complexity index is 1120. The van der Waals surface area contributed by atoms with E-state index in [2.05, 4.69) is 10.6 Å². The first-order valence-corrected chi connectivity index (χ1v) is 9.10. The number of hydrogen-bond donors (Lipinski definition) is 3. The largest absolute Gasteiger partial charge is 0.486 e. The molecule has 3 aromatic carbocycles. The van der Waals surface area contributed by atoms with E-state index >= 15 is 0 Å². The van der Waals surface area contributed by atoms with Gasteiger partial charge in [0.15, 0.2) is 11.5 Å². The van der Waals surface area contributed by atoms with Crippen molar-refractivity contribution in [2.24, 2.45) is 0 Å². The van der Waals surface area contributed by atoms with Crippen LogP contribution in [0.2, 0.25) is 0 Å². The molecular formula is C22H17FN2O5. The van der Waals surface area contributed by atoms with Crippen LogP contribution in [0.5, 0.6) is 11.5 Å². The lowest BCUT2D eigenvalue weighted by molar-refractivity contribution is 0.0698. The number of amides is 1. The summed E-state index contributed by atoms with van der Waals surface area (Å²) < 4.78 is 24.1. The second-order valence-electron chi connectivity index (χ2n) is 6.51. The minimum atomic E-state index is -1.13. The fourth-order valence-corrected chi connectivity index (χ4v) is 2.99. The predicted molar refractivity (Wildman–Crippen MR) is 108 cm³/mol. The maximum absolute atomic E-state index is 13.1. The molecule has 8 heteroatoms. The number of aromatic carboxylic acids is 1. The van der Waals surface area contributed by atoms with Gasteiger partial charge in [-0.05, 0) is 60.7 Å². The van der Waals surface area contributed by atoms with Crippen LogP contribution >= 0.6 is 0 Å². The van der Waals surface area contributed by atoms with Crippen molar-refractivity contribution in [3.05, 3.63) is 77.6 Å². The lowest BCUT2D eigenvalue weighted by Crippen LogP contribution is -2.17. The fraction of sp³-hybridized carbons (Fsp3) is 0.0909. The topological polar surface area (TPSA) is 96.9 Å². The van der Waals surface area contributed by atoms with E-state index in [9.17, 15) is 19.1 Å². The van der Waals surface area contributed by atoms with Gasteiger partial charge in [0.2, 0.25) is 0 Å². The van der Waals surface area contributed by atoms with Crippen molar-refractivity contribution in [3.8, 4) is 11.5 Å². The molecule has 0 saturated carbocycles. The molecule has 0 bridgehead atoms. The molecule has 3 N–H and O–H groups in total. The third-order valence-corrected chi connectivity index (χ3v) is 4.44. The van der Waals surface area contributed by atoms with Crippen LogP contribution in [0.25, 0.3) is 0 Å². The van der Waals surface area contributed by atoms with Crippen LogP contribution in [0.1, 0.15) is 20.7 Å². The molecule has 0 atom stereocenters. The zero-order valence-electron chi connectivity index (χ0n) is 15.6. The Morgan fingerprint density at radius 1 is 0.867 bits per heavy atom. The molecule has 1 amide bonds. The van der Waals surface area contributed by atoms with Crippen molar-refractivity contribution in [2.75, 3.05) is 23.8 Å². The number of hydrogen-bond acceptors (Lipinski definition) is 5. The fourth-order valence-electron chi connectivity index (χ4n) is 2.99. The number of carboxylic acid groups (broad SMARTS) is 1. The summed E-state index contributed by atoms with van der Waals surface area (Å²) in [6.07, 6.45) is 0. The summed E-state index contributed by atoms with van der Waals surface area (Å²) >= 11 is 0. The third kappa shape index (κ3) is 4.17. The van der Waals surface area contributed by atoms with Crippen LogP contribution in [0.3, 0.4) is 0 Å². The maximum atomic E-state index is 13.1. The summed E-state index contributed by atoms with van der Waals surface area (Å²) in [5.41, 5.74) is 1.54. The Kier molecular flexibility index (Phi) is 5.21. The monoisotopic (exact) mass is 408 g/mol. The quantitative estimate of drug-likeness (QED) is 0.583. The van der Waals surface area contributed by atoms with Gasteiger partial charge in [-0.1, -0.05) is 0 Å². The zero-order chi connectivity index (χ0) is 21.1. The molecule has 152 valence electrons. The molecule has 0 spiro atoms. The van der Waals surface area contributed by atoms with E-state index in [1.807, 2.05) is 0 Å². The molecule has 0 fully saturated rings. The van der Waals surface area contributed by atoms with Crippen molar-refractivity contribution in [1.29, 1.82) is 0 Å². The number of nitrogens with one attached hydrogen (secondary N) is 2. The minimum Gasteiger partial charge on any atom is -0.486 e. The second kappa shape index (κ2) is 8.12. The van der Waals surface area contributed by atoms with Crippen molar-refractivity contribution >= 4 is 28.9 Å². The van der Waals surface area contributed by atoms with Crippen LogP contribution < -0.4 is 20.1 Å². The lowest BCUT2D eigenvalue weighted by Gasteiger charge is -2.18. The summed E-state index contributed by atoms with van der Waals surface area (Å²) in [6, 6.07) is 14.7. The molecule has 4 rings (SSSR count). The average molecular weight is 408 g/mol. The molecule has 0 unspecified atom stereocenters. The Hall–Kier alpha value is -4.07. The van der Waals surface area contributed by atoms with E-state index in [4.69, 9.17) is 9.47 Å². The highest BCUT2D eigenvalue weighted by Gasteiger charge is 2.16. The van der Waals surface area contributed by atoms with Crippen molar-refractivity contribution < 1.29 is 28.6 Å². The molecule has 7 nitrogen and oxygen atoms in total. The van der Waals surface area contributed by atoms with Crippen LogP contribution in [0.4, 0.5) is 21.5 Å². The number of anilines is 3. The minimum absolute atomic E-state index is 0.0108. The number of rotatable bonds is 5. The van der Waals surface area contributed by atoms with Crippen molar-refractivity contribution in [1.82, 2.24) is 0 Å². The first-order valence-electron chi connectivity index (χ1n) is 9.10. The van der Waals surface area contributed by atoms with E-state index in [-0.39, 0.29) is 17.2 Å². The standard InChI is InChI=1S/C22H17FN2O5/c23-14-2-4-15(5-3-14)24-18-12-16(6-7-17(18)22(27)28)25-21(26)13-1-8-19-20(11-13)30-10-9-29-19/h1-8,11-12,24H,9-10H2,(H,25,26)(H,27,28). The highest BCUT2D eigenvalue weighted by Crippen LogP contribution is 2.31. The van der Waals surface area contributed by atoms with E-state index < -0.39 is 11.8 Å². The third-order valence-electron chi connectivity index (χ3n) is 4.44. The van der Waals surface area contributed by atoms with Gasteiger partial charge in [-0.25, -0.2) is 9.18 Å². The molecule has 3 aromatic rings. The first-order chi connectivity index (χ1) is 14.5. The summed E-state index contributed by atoms with van der Waals surface area (Å²) in [5, 5.41) is 15.1. The van der Waals surface area contributed by atoms with E-state index in [0.29, 0.717) is 41.7 Å². The Morgan fingerprint density at radius 2 is 1.57 bits per heavy atom. The normalized spacial score (nSPS) is 12.2. The predicted octanol–water partition coefficient (Wildman–Crippen LogP) is 4.29. The molecule has 0 aromatic heterocycles.